The largest absolute Gasteiger partial charge is 0.382 e. The van der Waals surface area contributed by atoms with Crippen molar-refractivity contribution in [2.45, 2.75) is 84.5 Å². The van der Waals surface area contributed by atoms with Crippen molar-refractivity contribution in [3.8, 4) is 0 Å². The standard InChI is InChI=1S/C20H39NO3/c1-5-19(3,4)17-8-11-20(12-9-17)23-16-18(24-20)10-14-21-13-7-15-22-6-2/h17-18,21H,5-16H2,1-4H3. The Kier molecular flexibility index (Phi) is 7.99. The molecule has 2 rings (SSSR count). The summed E-state index contributed by atoms with van der Waals surface area (Å²) >= 11 is 0. The minimum atomic E-state index is -0.264. The summed E-state index contributed by atoms with van der Waals surface area (Å²) in [6.45, 7) is 13.6. The Bertz CT molecular complexity index is 351. The second-order valence-corrected chi connectivity index (χ2v) is 8.17. The number of ether oxygens (including phenoxy) is 3. The molecule has 2 fully saturated rings. The maximum Gasteiger partial charge on any atom is 0.168 e. The first-order valence-corrected chi connectivity index (χ1v) is 10.1. The van der Waals surface area contributed by atoms with Crippen LogP contribution in [0.2, 0.25) is 0 Å². The molecule has 2 aliphatic rings. The van der Waals surface area contributed by atoms with E-state index >= 15 is 0 Å². The fraction of sp³-hybridized carbons (Fsp3) is 1.00. The second kappa shape index (κ2) is 9.51. The molecule has 1 unspecified atom stereocenters. The van der Waals surface area contributed by atoms with Crippen LogP contribution < -0.4 is 5.32 Å². The molecule has 1 spiro atoms. The van der Waals surface area contributed by atoms with Gasteiger partial charge in [-0.2, -0.15) is 0 Å². The van der Waals surface area contributed by atoms with E-state index in [0.717, 1.165) is 64.5 Å². The summed E-state index contributed by atoms with van der Waals surface area (Å²) in [5, 5.41) is 3.48. The van der Waals surface area contributed by atoms with E-state index < -0.39 is 0 Å². The molecular weight excluding hydrogens is 302 g/mol. The third-order valence-corrected chi connectivity index (χ3v) is 6.17. The van der Waals surface area contributed by atoms with E-state index in [2.05, 4.69) is 26.1 Å². The molecule has 24 heavy (non-hydrogen) atoms. The first-order valence-electron chi connectivity index (χ1n) is 10.1. The molecule has 1 saturated heterocycles. The number of hydrogen-bond donors (Lipinski definition) is 1. The molecule has 0 bridgehead atoms. The molecular formula is C20H39NO3. The highest BCUT2D eigenvalue weighted by molar-refractivity contribution is 4.89. The summed E-state index contributed by atoms with van der Waals surface area (Å²) in [6.07, 6.45) is 8.25. The van der Waals surface area contributed by atoms with Crippen LogP contribution in [0.5, 0.6) is 0 Å². The van der Waals surface area contributed by atoms with Gasteiger partial charge < -0.3 is 19.5 Å². The van der Waals surface area contributed by atoms with Crippen molar-refractivity contribution < 1.29 is 14.2 Å². The first kappa shape index (κ1) is 20.2. The Balaban J connectivity index is 1.61. The quantitative estimate of drug-likeness (QED) is 0.607. The van der Waals surface area contributed by atoms with Gasteiger partial charge in [-0.05, 0) is 57.0 Å². The highest BCUT2D eigenvalue weighted by Crippen LogP contribution is 2.47. The third-order valence-electron chi connectivity index (χ3n) is 6.17. The third kappa shape index (κ3) is 5.69. The van der Waals surface area contributed by atoms with E-state index in [4.69, 9.17) is 14.2 Å². The van der Waals surface area contributed by atoms with Crippen LogP contribution in [0.25, 0.3) is 0 Å². The molecule has 0 aromatic heterocycles. The number of nitrogens with one attached hydrogen (secondary N) is 1. The van der Waals surface area contributed by atoms with Crippen molar-refractivity contribution in [2.24, 2.45) is 11.3 Å². The van der Waals surface area contributed by atoms with Crippen LogP contribution in [0.15, 0.2) is 0 Å². The van der Waals surface area contributed by atoms with Gasteiger partial charge in [0, 0.05) is 26.1 Å². The number of hydrogen-bond acceptors (Lipinski definition) is 4. The summed E-state index contributed by atoms with van der Waals surface area (Å²) in [5.41, 5.74) is 0.449. The Hall–Kier alpha value is -0.160. The molecule has 1 aliphatic carbocycles. The predicted octanol–water partition coefficient (Wildman–Crippen LogP) is 4.13. The van der Waals surface area contributed by atoms with Gasteiger partial charge in [-0.25, -0.2) is 0 Å². The van der Waals surface area contributed by atoms with E-state index in [1.54, 1.807) is 0 Å². The van der Waals surface area contributed by atoms with Crippen LogP contribution in [0.3, 0.4) is 0 Å². The van der Waals surface area contributed by atoms with Gasteiger partial charge in [0.05, 0.1) is 12.7 Å². The van der Waals surface area contributed by atoms with E-state index in [-0.39, 0.29) is 11.9 Å². The highest BCUT2D eigenvalue weighted by Gasteiger charge is 2.46. The van der Waals surface area contributed by atoms with Gasteiger partial charge in [0.1, 0.15) is 0 Å². The van der Waals surface area contributed by atoms with Crippen molar-refractivity contribution in [2.75, 3.05) is 32.9 Å². The fourth-order valence-corrected chi connectivity index (χ4v) is 3.98. The Morgan fingerprint density at radius 1 is 1.17 bits per heavy atom. The van der Waals surface area contributed by atoms with Gasteiger partial charge in [0.2, 0.25) is 0 Å². The van der Waals surface area contributed by atoms with Crippen molar-refractivity contribution in [1.82, 2.24) is 5.32 Å². The van der Waals surface area contributed by atoms with Gasteiger partial charge >= 0.3 is 0 Å². The fourth-order valence-electron chi connectivity index (χ4n) is 3.98. The molecule has 1 N–H and O–H groups in total. The monoisotopic (exact) mass is 341 g/mol. The minimum absolute atomic E-state index is 0.264. The predicted molar refractivity (Wildman–Crippen MR) is 98.2 cm³/mol. The Morgan fingerprint density at radius 2 is 1.92 bits per heavy atom. The lowest BCUT2D eigenvalue weighted by atomic mass is 9.68. The van der Waals surface area contributed by atoms with Crippen LogP contribution in [-0.4, -0.2) is 44.8 Å². The van der Waals surface area contributed by atoms with Gasteiger partial charge in [-0.3, -0.25) is 0 Å². The lowest BCUT2D eigenvalue weighted by Gasteiger charge is -2.42. The summed E-state index contributed by atoms with van der Waals surface area (Å²) in [6, 6.07) is 0. The topological polar surface area (TPSA) is 39.7 Å². The van der Waals surface area contributed by atoms with Crippen molar-refractivity contribution in [3.63, 3.8) is 0 Å². The molecule has 1 atom stereocenters. The van der Waals surface area contributed by atoms with Crippen LogP contribution in [-0.2, 0) is 14.2 Å². The second-order valence-electron chi connectivity index (χ2n) is 8.17. The zero-order chi connectivity index (χ0) is 17.5. The van der Waals surface area contributed by atoms with Crippen LogP contribution >= 0.6 is 0 Å². The van der Waals surface area contributed by atoms with Crippen LogP contribution in [0.4, 0.5) is 0 Å². The van der Waals surface area contributed by atoms with E-state index in [1.165, 1.54) is 19.3 Å². The molecule has 1 saturated carbocycles. The molecule has 4 heteroatoms. The van der Waals surface area contributed by atoms with E-state index in [1.807, 2.05) is 6.92 Å². The summed E-state index contributed by atoms with van der Waals surface area (Å²) in [7, 11) is 0. The maximum absolute atomic E-state index is 6.34. The molecule has 0 aromatic rings. The minimum Gasteiger partial charge on any atom is -0.382 e. The molecule has 142 valence electrons. The van der Waals surface area contributed by atoms with Gasteiger partial charge in [-0.1, -0.05) is 27.2 Å². The Morgan fingerprint density at radius 3 is 2.58 bits per heavy atom. The van der Waals surface area contributed by atoms with E-state index in [9.17, 15) is 0 Å². The van der Waals surface area contributed by atoms with Gasteiger partial charge in [0.15, 0.2) is 5.79 Å². The van der Waals surface area contributed by atoms with Gasteiger partial charge in [0.25, 0.3) is 0 Å². The first-order chi connectivity index (χ1) is 11.5. The normalized spacial score (nSPS) is 31.0. The zero-order valence-electron chi connectivity index (χ0n) is 16.4. The van der Waals surface area contributed by atoms with Gasteiger partial charge in [-0.15, -0.1) is 0 Å². The molecule has 1 aliphatic heterocycles. The molecule has 0 amide bonds. The van der Waals surface area contributed by atoms with Crippen molar-refractivity contribution in [3.05, 3.63) is 0 Å². The Labute approximate surface area is 149 Å². The average molecular weight is 342 g/mol. The molecule has 0 aromatic carbocycles. The highest BCUT2D eigenvalue weighted by atomic mass is 16.7. The number of rotatable bonds is 10. The van der Waals surface area contributed by atoms with Crippen molar-refractivity contribution >= 4 is 0 Å². The lowest BCUT2D eigenvalue weighted by Crippen LogP contribution is -2.39. The molecule has 4 nitrogen and oxygen atoms in total. The van der Waals surface area contributed by atoms with E-state index in [0.29, 0.717) is 5.41 Å². The molecule has 1 heterocycles. The lowest BCUT2D eigenvalue weighted by molar-refractivity contribution is -0.197. The summed E-state index contributed by atoms with van der Waals surface area (Å²) in [4.78, 5) is 0. The smallest absolute Gasteiger partial charge is 0.168 e. The van der Waals surface area contributed by atoms with Crippen LogP contribution in [0, 0.1) is 11.3 Å². The maximum atomic E-state index is 6.34. The molecule has 0 radical (unpaired) electrons. The summed E-state index contributed by atoms with van der Waals surface area (Å²) in [5.74, 6) is 0.548. The zero-order valence-corrected chi connectivity index (χ0v) is 16.4. The summed E-state index contributed by atoms with van der Waals surface area (Å²) < 4.78 is 17.8. The SMILES string of the molecule is CCOCCCNCCC1COC2(CCC(C(C)(C)CC)CC2)O1. The average Bonchev–Trinajstić information content (AvgIpc) is 2.97. The van der Waals surface area contributed by atoms with Crippen molar-refractivity contribution in [1.29, 1.82) is 0 Å². The van der Waals surface area contributed by atoms with Crippen LogP contribution in [0.1, 0.15) is 72.6 Å².